The number of carbonyl (C=O) groups excluding carboxylic acids is 1. The minimum Gasteiger partial charge on any atom is -0.391 e. The number of hydrogen-bond acceptors (Lipinski definition) is 5. The lowest BCUT2D eigenvalue weighted by molar-refractivity contribution is -0.121. The summed E-state index contributed by atoms with van der Waals surface area (Å²) in [4.78, 5) is 19.1. The molecule has 2 N–H and O–H groups in total. The molecule has 1 aliphatic carbocycles. The molecule has 3 atom stereocenters. The number of imidazole rings is 1. The van der Waals surface area contributed by atoms with E-state index < -0.39 is 0 Å². The minimum atomic E-state index is -0.343. The average Bonchev–Trinajstić information content (AvgIpc) is 3.29. The summed E-state index contributed by atoms with van der Waals surface area (Å²) in [7, 11) is 0. The number of carbonyl (C=O) groups is 1. The topological polar surface area (TPSA) is 79.6 Å². The third-order valence-electron chi connectivity index (χ3n) is 7.19. The summed E-state index contributed by atoms with van der Waals surface area (Å²) in [6, 6.07) is 10.7. The maximum Gasteiger partial charge on any atom is 0.220 e. The Bertz CT molecular complexity index is 823. The molecule has 7 heteroatoms. The molecule has 1 saturated carbocycles. The van der Waals surface area contributed by atoms with Gasteiger partial charge in [-0.2, -0.15) is 0 Å². The van der Waals surface area contributed by atoms with Gasteiger partial charge in [0, 0.05) is 56.5 Å². The fraction of sp³-hybridized carbons (Fsp3) is 0.600. The molecule has 7 nitrogen and oxygen atoms in total. The standard InChI is InChI=1S/C25H36N4O3/c30-23-9-11-25(21-5-2-1-3-6-21,10-8-22(23)29-15-17-32-18-16-29)19-27-24(31)7-4-13-28-14-12-26-20-28/h1-3,5-6,12,14,20,22-23,30H,4,7-11,13,15-19H2,(H,27,31)/t22-,23-,25-/m1/s1. The zero-order chi connectivity index (χ0) is 22.2. The van der Waals surface area contributed by atoms with Crippen LogP contribution in [0.1, 0.15) is 44.1 Å². The predicted octanol–water partition coefficient (Wildman–Crippen LogP) is 2.35. The van der Waals surface area contributed by atoms with E-state index in [1.807, 2.05) is 16.8 Å². The lowest BCUT2D eigenvalue weighted by Gasteiger charge is -2.37. The second-order valence-electron chi connectivity index (χ2n) is 9.19. The van der Waals surface area contributed by atoms with Crippen molar-refractivity contribution in [1.29, 1.82) is 0 Å². The van der Waals surface area contributed by atoms with E-state index in [-0.39, 0.29) is 23.5 Å². The number of aryl methyl sites for hydroxylation is 1. The van der Waals surface area contributed by atoms with Gasteiger partial charge in [0.1, 0.15) is 0 Å². The number of nitrogens with one attached hydrogen (secondary N) is 1. The van der Waals surface area contributed by atoms with Gasteiger partial charge in [-0.1, -0.05) is 30.3 Å². The highest BCUT2D eigenvalue weighted by atomic mass is 16.5. The van der Waals surface area contributed by atoms with Gasteiger partial charge in [-0.25, -0.2) is 4.98 Å². The Balaban J connectivity index is 1.40. The van der Waals surface area contributed by atoms with E-state index in [2.05, 4.69) is 39.5 Å². The first-order valence-electron chi connectivity index (χ1n) is 11.9. The summed E-state index contributed by atoms with van der Waals surface area (Å²) < 4.78 is 7.51. The molecular formula is C25H36N4O3. The molecule has 2 aliphatic rings. The van der Waals surface area contributed by atoms with Crippen molar-refractivity contribution >= 4 is 5.91 Å². The summed E-state index contributed by atoms with van der Waals surface area (Å²) >= 11 is 0. The lowest BCUT2D eigenvalue weighted by atomic mass is 9.74. The summed E-state index contributed by atoms with van der Waals surface area (Å²) in [5.41, 5.74) is 1.11. The number of nitrogens with zero attached hydrogens (tertiary/aromatic N) is 3. The summed E-state index contributed by atoms with van der Waals surface area (Å²) in [5, 5.41) is 14.2. The maximum atomic E-state index is 12.6. The molecule has 1 saturated heterocycles. The number of rotatable bonds is 8. The van der Waals surface area contributed by atoms with Crippen LogP contribution in [0, 0.1) is 0 Å². The van der Waals surface area contributed by atoms with Crippen molar-refractivity contribution in [3.8, 4) is 0 Å². The van der Waals surface area contributed by atoms with E-state index >= 15 is 0 Å². The zero-order valence-electron chi connectivity index (χ0n) is 18.9. The molecule has 2 fully saturated rings. The predicted molar refractivity (Wildman–Crippen MR) is 123 cm³/mol. The summed E-state index contributed by atoms with van der Waals surface area (Å²) in [6.07, 6.45) is 9.90. The molecule has 2 heterocycles. The van der Waals surface area contributed by atoms with Crippen LogP contribution in [0.4, 0.5) is 0 Å². The van der Waals surface area contributed by atoms with Gasteiger partial charge < -0.3 is 19.7 Å². The van der Waals surface area contributed by atoms with Gasteiger partial charge in [0.2, 0.25) is 5.91 Å². The molecule has 0 spiro atoms. The average molecular weight is 441 g/mol. The monoisotopic (exact) mass is 440 g/mol. The fourth-order valence-electron chi connectivity index (χ4n) is 5.25. The normalized spacial score (nSPS) is 27.0. The Kier molecular flexibility index (Phi) is 7.95. The zero-order valence-corrected chi connectivity index (χ0v) is 18.9. The number of ether oxygens (including phenoxy) is 1. The highest BCUT2D eigenvalue weighted by Crippen LogP contribution is 2.39. The Hall–Kier alpha value is -2.22. The van der Waals surface area contributed by atoms with Gasteiger partial charge in [-0.05, 0) is 37.7 Å². The number of aromatic nitrogens is 2. The van der Waals surface area contributed by atoms with Gasteiger partial charge in [0.15, 0.2) is 0 Å². The van der Waals surface area contributed by atoms with Crippen molar-refractivity contribution < 1.29 is 14.6 Å². The van der Waals surface area contributed by atoms with E-state index in [9.17, 15) is 9.90 Å². The second kappa shape index (κ2) is 11.1. The van der Waals surface area contributed by atoms with Crippen LogP contribution in [0.5, 0.6) is 0 Å². The molecule has 1 amide bonds. The van der Waals surface area contributed by atoms with Crippen LogP contribution < -0.4 is 5.32 Å². The van der Waals surface area contributed by atoms with E-state index in [0.717, 1.165) is 65.0 Å². The van der Waals surface area contributed by atoms with Crippen LogP contribution in [-0.4, -0.2) is 70.5 Å². The SMILES string of the molecule is O=C(CCCn1ccnc1)NC[C@]1(c2ccccc2)CC[C@@H](O)[C@H](N2CCOCC2)CC1. The van der Waals surface area contributed by atoms with Crippen molar-refractivity contribution in [2.24, 2.45) is 0 Å². The Morgan fingerprint density at radius 1 is 1.19 bits per heavy atom. The third kappa shape index (κ3) is 5.77. The molecule has 0 bridgehead atoms. The quantitative estimate of drug-likeness (QED) is 0.616. The number of morpholine rings is 1. The number of hydrogen-bond donors (Lipinski definition) is 2. The van der Waals surface area contributed by atoms with Gasteiger partial charge in [0.25, 0.3) is 0 Å². The number of benzene rings is 1. The second-order valence-corrected chi connectivity index (χ2v) is 9.19. The van der Waals surface area contributed by atoms with Crippen molar-refractivity contribution in [3.05, 3.63) is 54.6 Å². The van der Waals surface area contributed by atoms with Gasteiger partial charge in [-0.15, -0.1) is 0 Å². The fourth-order valence-corrected chi connectivity index (χ4v) is 5.25. The van der Waals surface area contributed by atoms with Crippen molar-refractivity contribution in [2.75, 3.05) is 32.8 Å². The number of aliphatic hydroxyl groups excluding tert-OH is 1. The Morgan fingerprint density at radius 2 is 1.97 bits per heavy atom. The van der Waals surface area contributed by atoms with E-state index in [1.165, 1.54) is 5.56 Å². The smallest absolute Gasteiger partial charge is 0.220 e. The molecule has 32 heavy (non-hydrogen) atoms. The molecule has 1 aromatic heterocycles. The molecule has 174 valence electrons. The Morgan fingerprint density at radius 3 is 2.72 bits per heavy atom. The van der Waals surface area contributed by atoms with E-state index in [0.29, 0.717) is 13.0 Å². The molecule has 4 rings (SSSR count). The lowest BCUT2D eigenvalue weighted by Crippen LogP contribution is -2.48. The van der Waals surface area contributed by atoms with Gasteiger partial charge in [-0.3, -0.25) is 9.69 Å². The number of aliphatic hydroxyl groups is 1. The van der Waals surface area contributed by atoms with Crippen LogP contribution >= 0.6 is 0 Å². The highest BCUT2D eigenvalue weighted by Gasteiger charge is 2.40. The third-order valence-corrected chi connectivity index (χ3v) is 7.19. The Labute approximate surface area is 190 Å². The van der Waals surface area contributed by atoms with E-state index in [4.69, 9.17) is 4.74 Å². The van der Waals surface area contributed by atoms with Crippen LogP contribution in [-0.2, 0) is 21.5 Å². The van der Waals surface area contributed by atoms with Gasteiger partial charge in [0.05, 0.1) is 25.6 Å². The minimum absolute atomic E-state index is 0.0925. The number of amides is 1. The molecular weight excluding hydrogens is 404 g/mol. The first-order valence-corrected chi connectivity index (χ1v) is 11.9. The highest BCUT2D eigenvalue weighted by molar-refractivity contribution is 5.76. The van der Waals surface area contributed by atoms with Crippen molar-refractivity contribution in [2.45, 2.75) is 62.6 Å². The summed E-state index contributed by atoms with van der Waals surface area (Å²) in [6.45, 7) is 4.65. The first-order chi connectivity index (χ1) is 15.7. The van der Waals surface area contributed by atoms with Crippen LogP contribution in [0.2, 0.25) is 0 Å². The van der Waals surface area contributed by atoms with Crippen molar-refractivity contribution in [1.82, 2.24) is 19.8 Å². The maximum absolute atomic E-state index is 12.6. The molecule has 0 radical (unpaired) electrons. The van der Waals surface area contributed by atoms with Crippen molar-refractivity contribution in [3.63, 3.8) is 0 Å². The van der Waals surface area contributed by atoms with Crippen LogP contribution in [0.25, 0.3) is 0 Å². The first kappa shape index (κ1) is 23.0. The molecule has 2 aromatic rings. The molecule has 0 unspecified atom stereocenters. The summed E-state index contributed by atoms with van der Waals surface area (Å²) in [5.74, 6) is 0.0925. The molecule has 1 aliphatic heterocycles. The van der Waals surface area contributed by atoms with Crippen LogP contribution in [0.15, 0.2) is 49.1 Å². The largest absolute Gasteiger partial charge is 0.391 e. The van der Waals surface area contributed by atoms with Gasteiger partial charge >= 0.3 is 0 Å². The van der Waals surface area contributed by atoms with E-state index in [1.54, 1.807) is 12.5 Å². The molecule has 1 aromatic carbocycles. The van der Waals surface area contributed by atoms with Crippen LogP contribution in [0.3, 0.4) is 0 Å².